The highest BCUT2D eigenvalue weighted by Crippen LogP contribution is 2.30. The van der Waals surface area contributed by atoms with Gasteiger partial charge in [-0.1, -0.05) is 17.7 Å². The molecule has 2 atom stereocenters. The van der Waals surface area contributed by atoms with Gasteiger partial charge < -0.3 is 10.1 Å². The predicted octanol–water partition coefficient (Wildman–Crippen LogP) is 3.39. The van der Waals surface area contributed by atoms with E-state index < -0.39 is 0 Å². The first-order valence-electron chi connectivity index (χ1n) is 6.82. The first-order valence-corrected chi connectivity index (χ1v) is 7.19. The van der Waals surface area contributed by atoms with E-state index >= 15 is 0 Å². The van der Waals surface area contributed by atoms with Crippen molar-refractivity contribution in [1.29, 1.82) is 0 Å². The van der Waals surface area contributed by atoms with E-state index in [1.165, 1.54) is 5.56 Å². The predicted molar refractivity (Wildman–Crippen MR) is 80.2 cm³/mol. The van der Waals surface area contributed by atoms with Gasteiger partial charge in [-0.25, -0.2) is 0 Å². The van der Waals surface area contributed by atoms with Gasteiger partial charge in [0.05, 0.1) is 5.69 Å². The monoisotopic (exact) mass is 288 g/mol. The number of hydrogen-bond acceptors (Lipinski definition) is 3. The highest BCUT2D eigenvalue weighted by atomic mass is 35.5. The molecule has 3 rings (SSSR count). The van der Waals surface area contributed by atoms with E-state index in [2.05, 4.69) is 17.2 Å². The molecule has 2 aromatic rings. The van der Waals surface area contributed by atoms with Crippen LogP contribution in [0.25, 0.3) is 0 Å². The van der Waals surface area contributed by atoms with Gasteiger partial charge in [0.1, 0.15) is 11.9 Å². The number of halogens is 1. The fourth-order valence-corrected chi connectivity index (χ4v) is 2.64. The van der Waals surface area contributed by atoms with Crippen molar-refractivity contribution in [2.24, 2.45) is 0 Å². The van der Waals surface area contributed by atoms with Gasteiger partial charge in [0, 0.05) is 30.2 Å². The van der Waals surface area contributed by atoms with Crippen LogP contribution in [0.15, 0.2) is 42.6 Å². The van der Waals surface area contributed by atoms with Crippen molar-refractivity contribution in [3.05, 3.63) is 58.9 Å². The number of nitrogens with one attached hydrogen (secondary N) is 1. The Balaban J connectivity index is 1.56. The van der Waals surface area contributed by atoms with E-state index in [0.29, 0.717) is 0 Å². The van der Waals surface area contributed by atoms with Crippen molar-refractivity contribution < 1.29 is 4.74 Å². The van der Waals surface area contributed by atoms with Crippen molar-refractivity contribution in [1.82, 2.24) is 10.3 Å². The molecule has 1 aliphatic rings. The number of nitrogens with zero attached hydrogens (tertiary/aromatic N) is 1. The molecule has 0 spiro atoms. The molecule has 4 heteroatoms. The van der Waals surface area contributed by atoms with Gasteiger partial charge in [-0.3, -0.25) is 4.98 Å². The number of fused-ring (bicyclic) bond motifs is 1. The molecule has 0 aliphatic carbocycles. The van der Waals surface area contributed by atoms with Crippen LogP contribution < -0.4 is 10.1 Å². The summed E-state index contributed by atoms with van der Waals surface area (Å²) in [7, 11) is 0. The van der Waals surface area contributed by atoms with Crippen LogP contribution in [-0.2, 0) is 6.42 Å². The van der Waals surface area contributed by atoms with E-state index in [-0.39, 0.29) is 12.1 Å². The molecule has 1 unspecified atom stereocenters. The van der Waals surface area contributed by atoms with Gasteiger partial charge in [-0.15, -0.1) is 0 Å². The van der Waals surface area contributed by atoms with Crippen molar-refractivity contribution in [3.8, 4) is 5.75 Å². The smallest absolute Gasteiger partial charge is 0.123 e. The van der Waals surface area contributed by atoms with Crippen molar-refractivity contribution in [2.45, 2.75) is 25.5 Å². The fraction of sp³-hybridized carbons (Fsp3) is 0.312. The number of rotatable bonds is 4. The number of ether oxygens (including phenoxy) is 1. The third kappa shape index (κ3) is 2.94. The van der Waals surface area contributed by atoms with Gasteiger partial charge in [0.25, 0.3) is 0 Å². The lowest BCUT2D eigenvalue weighted by molar-refractivity contribution is 0.222. The number of hydrogen-bond donors (Lipinski definition) is 1. The Kier molecular flexibility index (Phi) is 3.90. The van der Waals surface area contributed by atoms with Crippen LogP contribution in [0.3, 0.4) is 0 Å². The topological polar surface area (TPSA) is 34.1 Å². The maximum absolute atomic E-state index is 6.00. The summed E-state index contributed by atoms with van der Waals surface area (Å²) in [5, 5.41) is 4.24. The molecule has 2 heterocycles. The number of pyridine rings is 1. The van der Waals surface area contributed by atoms with Crippen LogP contribution in [0.2, 0.25) is 5.02 Å². The Labute approximate surface area is 123 Å². The zero-order chi connectivity index (χ0) is 13.9. The molecule has 0 saturated heterocycles. The van der Waals surface area contributed by atoms with E-state index in [1.54, 1.807) is 0 Å². The van der Waals surface area contributed by atoms with E-state index in [9.17, 15) is 0 Å². The van der Waals surface area contributed by atoms with Crippen LogP contribution in [0.4, 0.5) is 0 Å². The lowest BCUT2D eigenvalue weighted by Crippen LogP contribution is -2.32. The Hall–Kier alpha value is -1.58. The lowest BCUT2D eigenvalue weighted by Gasteiger charge is -2.16. The lowest BCUT2D eigenvalue weighted by atomic mass is 10.1. The maximum atomic E-state index is 6.00. The summed E-state index contributed by atoms with van der Waals surface area (Å²) in [4.78, 5) is 4.35. The Morgan fingerprint density at radius 1 is 1.40 bits per heavy atom. The average molecular weight is 289 g/mol. The Morgan fingerprint density at radius 2 is 2.30 bits per heavy atom. The molecule has 0 fully saturated rings. The molecule has 1 N–H and O–H groups in total. The second-order valence-electron chi connectivity index (χ2n) is 5.08. The van der Waals surface area contributed by atoms with Crippen molar-refractivity contribution >= 4 is 11.6 Å². The van der Waals surface area contributed by atoms with Crippen molar-refractivity contribution in [3.63, 3.8) is 0 Å². The summed E-state index contributed by atoms with van der Waals surface area (Å²) in [6, 6.07) is 12.0. The molecule has 0 bridgehead atoms. The molecule has 0 amide bonds. The second-order valence-corrected chi connectivity index (χ2v) is 5.52. The molecule has 104 valence electrons. The highest BCUT2D eigenvalue weighted by Gasteiger charge is 2.23. The van der Waals surface area contributed by atoms with Gasteiger partial charge in [0.2, 0.25) is 0 Å². The molecule has 1 aromatic heterocycles. The van der Waals surface area contributed by atoms with Gasteiger partial charge in [-0.2, -0.15) is 0 Å². The van der Waals surface area contributed by atoms with Crippen LogP contribution in [0.5, 0.6) is 5.75 Å². The normalized spacial score (nSPS) is 18.4. The number of benzene rings is 1. The molecule has 20 heavy (non-hydrogen) atoms. The third-order valence-corrected chi connectivity index (χ3v) is 3.78. The standard InChI is InChI=1S/C16H17ClN2O/c1-11(15-4-2-3-7-18-15)19-10-14-9-12-8-13(17)5-6-16(12)20-14/h2-8,11,14,19H,9-10H2,1H3/t11-,14?/m0/s1. The molecule has 1 aliphatic heterocycles. The SMILES string of the molecule is C[C@H](NCC1Cc2cc(Cl)ccc2O1)c1ccccn1. The fourth-order valence-electron chi connectivity index (χ4n) is 2.45. The van der Waals surface area contributed by atoms with Crippen LogP contribution in [-0.4, -0.2) is 17.6 Å². The number of aromatic nitrogens is 1. The van der Waals surface area contributed by atoms with Gasteiger partial charge in [0.15, 0.2) is 0 Å². The van der Waals surface area contributed by atoms with Gasteiger partial charge in [-0.05, 0) is 42.8 Å². The minimum Gasteiger partial charge on any atom is -0.488 e. The zero-order valence-corrected chi connectivity index (χ0v) is 12.1. The second kappa shape index (κ2) is 5.81. The first-order chi connectivity index (χ1) is 9.72. The molecule has 3 nitrogen and oxygen atoms in total. The highest BCUT2D eigenvalue weighted by molar-refractivity contribution is 6.30. The Bertz CT molecular complexity index is 588. The molecule has 1 aromatic carbocycles. The summed E-state index contributed by atoms with van der Waals surface area (Å²) in [5.74, 6) is 0.951. The molecular weight excluding hydrogens is 272 g/mol. The molecule has 0 saturated carbocycles. The van der Waals surface area contributed by atoms with Crippen LogP contribution >= 0.6 is 11.6 Å². The molecular formula is C16H17ClN2O. The quantitative estimate of drug-likeness (QED) is 0.936. The minimum atomic E-state index is 0.162. The van der Waals surface area contributed by atoms with E-state index in [1.807, 2.05) is 42.6 Å². The Morgan fingerprint density at radius 3 is 3.10 bits per heavy atom. The summed E-state index contributed by atoms with van der Waals surface area (Å²) in [6.07, 6.45) is 2.88. The van der Waals surface area contributed by atoms with Crippen molar-refractivity contribution in [2.75, 3.05) is 6.54 Å². The average Bonchev–Trinajstić information content (AvgIpc) is 2.87. The zero-order valence-electron chi connectivity index (χ0n) is 11.3. The summed E-state index contributed by atoms with van der Waals surface area (Å²) in [5.41, 5.74) is 2.24. The molecule has 0 radical (unpaired) electrons. The van der Waals surface area contributed by atoms with E-state index in [0.717, 1.165) is 29.4 Å². The largest absolute Gasteiger partial charge is 0.488 e. The van der Waals surface area contributed by atoms with Crippen LogP contribution in [0.1, 0.15) is 24.2 Å². The maximum Gasteiger partial charge on any atom is 0.123 e. The van der Waals surface area contributed by atoms with E-state index in [4.69, 9.17) is 16.3 Å². The summed E-state index contributed by atoms with van der Waals surface area (Å²) >= 11 is 6.00. The van der Waals surface area contributed by atoms with Crippen LogP contribution in [0, 0.1) is 0 Å². The first kappa shape index (κ1) is 13.4. The van der Waals surface area contributed by atoms with Gasteiger partial charge >= 0.3 is 0 Å². The third-order valence-electron chi connectivity index (χ3n) is 3.55. The summed E-state index contributed by atoms with van der Waals surface area (Å²) < 4.78 is 5.91. The minimum absolute atomic E-state index is 0.162. The summed E-state index contributed by atoms with van der Waals surface area (Å²) in [6.45, 7) is 2.91.